The number of aromatic nitrogens is 2. The van der Waals surface area contributed by atoms with Gasteiger partial charge >= 0.3 is 7.05 Å². The molecule has 2 aromatic heterocycles. The predicted molar refractivity (Wildman–Crippen MR) is 154 cm³/mol. The molecule has 2 bridgehead atoms. The number of rotatable bonds is 5. The number of piperazine rings is 1. The van der Waals surface area contributed by atoms with Gasteiger partial charge in [-0.3, -0.25) is 0 Å². The van der Waals surface area contributed by atoms with E-state index in [4.69, 9.17) is 9.15 Å². The number of anilines is 1. The summed E-state index contributed by atoms with van der Waals surface area (Å²) >= 11 is 0. The van der Waals surface area contributed by atoms with E-state index in [-0.39, 0.29) is 64.4 Å². The molecule has 2 aromatic carbocycles. The molecular formula is C29H28BF2N7O3. The first-order valence-electron chi connectivity index (χ1n) is 13.9. The van der Waals surface area contributed by atoms with Crippen LogP contribution in [-0.2, 0) is 18.0 Å². The van der Waals surface area contributed by atoms with Gasteiger partial charge in [-0.05, 0) is 42.9 Å². The van der Waals surface area contributed by atoms with Gasteiger partial charge in [0, 0.05) is 50.4 Å². The Kier molecular flexibility index (Phi) is 6.38. The van der Waals surface area contributed by atoms with Gasteiger partial charge in [-0.2, -0.15) is 5.26 Å². The molecule has 2 unspecified atom stereocenters. The van der Waals surface area contributed by atoms with Crippen LogP contribution in [0.4, 0.5) is 20.5 Å². The van der Waals surface area contributed by atoms with Gasteiger partial charge < -0.3 is 28.8 Å². The second-order valence-electron chi connectivity index (χ2n) is 11.3. The number of hydrogen-bond acceptors (Lipinski definition) is 9. The lowest BCUT2D eigenvalue weighted by Gasteiger charge is -2.42. The Balaban J connectivity index is 1.46. The summed E-state index contributed by atoms with van der Waals surface area (Å²) in [7, 11) is 2.99. The molecular weight excluding hydrogens is 543 g/mol. The third-order valence-corrected chi connectivity index (χ3v) is 8.55. The highest BCUT2D eigenvalue weighted by molar-refractivity contribution is 6.45. The summed E-state index contributed by atoms with van der Waals surface area (Å²) in [4.78, 5) is 19.2. The lowest BCUT2D eigenvalue weighted by Crippen LogP contribution is -2.57. The van der Waals surface area contributed by atoms with Crippen LogP contribution in [-0.4, -0.2) is 77.4 Å². The number of ether oxygens (including phenoxy) is 1. The Bertz CT molecular complexity index is 1810. The van der Waals surface area contributed by atoms with Gasteiger partial charge in [0.15, 0.2) is 5.82 Å². The Hall–Kier alpha value is -4.12. The fraction of sp³-hybridized carbons (Fsp3) is 0.379. The zero-order valence-electron chi connectivity index (χ0n) is 23.4. The average Bonchev–Trinajstić information content (AvgIpc) is 3.66. The molecule has 2 saturated heterocycles. The second-order valence-corrected chi connectivity index (χ2v) is 11.3. The summed E-state index contributed by atoms with van der Waals surface area (Å²) in [6.45, 7) is 3.36. The Morgan fingerprint density at radius 2 is 1.86 bits per heavy atom. The van der Waals surface area contributed by atoms with Crippen LogP contribution < -0.4 is 4.90 Å². The Morgan fingerprint density at radius 3 is 2.55 bits per heavy atom. The van der Waals surface area contributed by atoms with Crippen LogP contribution in [0.15, 0.2) is 27.9 Å². The van der Waals surface area contributed by atoms with Crippen molar-refractivity contribution in [3.05, 3.63) is 46.8 Å². The molecule has 13 heteroatoms. The normalized spacial score (nSPS) is 20.2. The lowest BCUT2D eigenvalue weighted by atomic mass is 9.83. The van der Waals surface area contributed by atoms with E-state index in [1.165, 1.54) is 24.8 Å². The first-order chi connectivity index (χ1) is 20.3. The Morgan fingerprint density at radius 1 is 1.12 bits per heavy atom. The van der Waals surface area contributed by atoms with Crippen LogP contribution in [0.3, 0.4) is 0 Å². The monoisotopic (exact) mass is 571 g/mol. The van der Waals surface area contributed by atoms with Gasteiger partial charge in [0.1, 0.15) is 40.7 Å². The summed E-state index contributed by atoms with van der Waals surface area (Å²) in [5.74, 6) is -0.761. The molecule has 7 rings (SSSR count). The molecule has 2 atom stereocenters. The molecule has 1 N–H and O–H groups in total. The van der Waals surface area contributed by atoms with Crippen molar-refractivity contribution in [2.45, 2.75) is 45.0 Å². The van der Waals surface area contributed by atoms with Crippen LogP contribution in [0.5, 0.6) is 0 Å². The molecule has 0 amide bonds. The van der Waals surface area contributed by atoms with Gasteiger partial charge in [-0.25, -0.2) is 23.7 Å². The minimum Gasteiger partial charge on any atom is -0.437 e. The Labute approximate surface area is 240 Å². The SMILES string of the molecule is CB(O)N1CC2CCC(C1)N2c1ncnc2c(F)c(-c3c(F)ccc4oc(/N=C/N(C)C)c(C#N)c34)c3c(c12)COC3. The van der Waals surface area contributed by atoms with Crippen LogP contribution in [0.25, 0.3) is 33.0 Å². The molecule has 5 heterocycles. The van der Waals surface area contributed by atoms with E-state index >= 15 is 8.78 Å². The van der Waals surface area contributed by atoms with Crippen molar-refractivity contribution in [3.63, 3.8) is 0 Å². The highest BCUT2D eigenvalue weighted by Crippen LogP contribution is 2.48. The fourth-order valence-corrected chi connectivity index (χ4v) is 6.75. The van der Waals surface area contributed by atoms with Gasteiger partial charge in [-0.1, -0.05) is 0 Å². The molecule has 0 aliphatic carbocycles. The van der Waals surface area contributed by atoms with Crippen molar-refractivity contribution >= 4 is 47.0 Å². The maximum absolute atomic E-state index is 16.8. The van der Waals surface area contributed by atoms with E-state index < -0.39 is 18.7 Å². The van der Waals surface area contributed by atoms with Gasteiger partial charge in [0.25, 0.3) is 0 Å². The van der Waals surface area contributed by atoms with Gasteiger partial charge in [-0.15, -0.1) is 0 Å². The minimum atomic E-state index is -0.706. The molecule has 4 aromatic rings. The molecule has 0 spiro atoms. The van der Waals surface area contributed by atoms with Crippen molar-refractivity contribution in [1.82, 2.24) is 19.7 Å². The summed E-state index contributed by atoms with van der Waals surface area (Å²) in [5, 5.41) is 21.0. The van der Waals surface area contributed by atoms with E-state index in [9.17, 15) is 10.3 Å². The minimum absolute atomic E-state index is 0.00471. The van der Waals surface area contributed by atoms with E-state index in [2.05, 4.69) is 25.9 Å². The summed E-state index contributed by atoms with van der Waals surface area (Å²) in [6.07, 6.45) is 4.68. The van der Waals surface area contributed by atoms with Crippen molar-refractivity contribution in [1.29, 1.82) is 5.26 Å². The van der Waals surface area contributed by atoms with E-state index in [1.54, 1.807) is 25.8 Å². The maximum Gasteiger partial charge on any atom is 0.376 e. The summed E-state index contributed by atoms with van der Waals surface area (Å²) in [6, 6.07) is 4.92. The smallest absolute Gasteiger partial charge is 0.376 e. The molecule has 0 radical (unpaired) electrons. The molecule has 0 saturated carbocycles. The third kappa shape index (κ3) is 3.97. The highest BCUT2D eigenvalue weighted by Gasteiger charge is 2.43. The number of aliphatic imine (C=N–C) groups is 1. The van der Waals surface area contributed by atoms with Crippen LogP contribution >= 0.6 is 0 Å². The van der Waals surface area contributed by atoms with Crippen LogP contribution in [0.2, 0.25) is 6.82 Å². The van der Waals surface area contributed by atoms with E-state index in [0.29, 0.717) is 35.4 Å². The molecule has 3 aliphatic rings. The van der Waals surface area contributed by atoms with Crippen molar-refractivity contribution in [2.75, 3.05) is 32.1 Å². The first-order valence-corrected chi connectivity index (χ1v) is 13.9. The number of fused-ring (bicyclic) bond motifs is 6. The molecule has 42 heavy (non-hydrogen) atoms. The highest BCUT2D eigenvalue weighted by atomic mass is 19.1. The number of benzene rings is 2. The van der Waals surface area contributed by atoms with Crippen molar-refractivity contribution in [2.24, 2.45) is 4.99 Å². The molecule has 214 valence electrons. The predicted octanol–water partition coefficient (Wildman–Crippen LogP) is 4.21. The average molecular weight is 571 g/mol. The zero-order valence-corrected chi connectivity index (χ0v) is 23.4. The van der Waals surface area contributed by atoms with E-state index in [1.807, 2.05) is 4.81 Å². The second kappa shape index (κ2) is 10.0. The number of nitrogens with zero attached hydrogens (tertiary/aromatic N) is 7. The fourth-order valence-electron chi connectivity index (χ4n) is 6.75. The van der Waals surface area contributed by atoms with Crippen LogP contribution in [0, 0.1) is 23.0 Å². The quantitative estimate of drug-likeness (QED) is 0.214. The lowest BCUT2D eigenvalue weighted by molar-refractivity contribution is 0.135. The molecule has 2 fully saturated rings. The standard InChI is InChI=1S/C29H28BF2N7O3/c1-30(40)38-9-15-4-5-16(10-38)39(15)28-24-19-12-41-11-18(19)23(26(32)27(24)34-13-35-28)25-20(31)6-7-21-22(25)17(8-33)29(42-21)36-14-37(2)3/h6-7,13-16,40H,4-5,9-12H2,1-3H3/b36-14+. The summed E-state index contributed by atoms with van der Waals surface area (Å²) in [5.41, 5.74) is 1.44. The third-order valence-electron chi connectivity index (χ3n) is 8.55. The number of nitriles is 1. The van der Waals surface area contributed by atoms with Crippen molar-refractivity contribution in [3.8, 4) is 17.2 Å². The first kappa shape index (κ1) is 26.8. The summed E-state index contributed by atoms with van der Waals surface area (Å²) < 4.78 is 44.3. The molecule has 3 aliphatic heterocycles. The molecule has 10 nitrogen and oxygen atoms in total. The largest absolute Gasteiger partial charge is 0.437 e. The number of hydrogen-bond donors (Lipinski definition) is 1. The van der Waals surface area contributed by atoms with Gasteiger partial charge in [0.05, 0.1) is 30.3 Å². The topological polar surface area (TPSA) is 114 Å². The maximum atomic E-state index is 16.8. The number of furan rings is 1. The van der Waals surface area contributed by atoms with Crippen LogP contribution in [0.1, 0.15) is 29.5 Å². The van der Waals surface area contributed by atoms with E-state index in [0.717, 1.165) is 12.8 Å². The van der Waals surface area contributed by atoms with Crippen molar-refractivity contribution < 1.29 is 23.0 Å². The zero-order chi connectivity index (χ0) is 29.3. The number of halogens is 2. The van der Waals surface area contributed by atoms with Gasteiger partial charge in [0.2, 0.25) is 5.88 Å².